The summed E-state index contributed by atoms with van der Waals surface area (Å²) in [5, 5.41) is 0. The van der Waals surface area contributed by atoms with E-state index in [9.17, 15) is 4.79 Å². The largest absolute Gasteiger partial charge is 0.319 e. The van der Waals surface area contributed by atoms with Crippen molar-refractivity contribution in [2.75, 3.05) is 0 Å². The lowest BCUT2D eigenvalue weighted by Gasteiger charge is -2.04. The van der Waals surface area contributed by atoms with Crippen LogP contribution in [0.1, 0.15) is 30.0 Å². The molecule has 2 aromatic rings. The zero-order chi connectivity index (χ0) is 10.4. The van der Waals surface area contributed by atoms with E-state index in [-0.39, 0.29) is 5.56 Å². The van der Waals surface area contributed by atoms with Gasteiger partial charge in [0, 0.05) is 0 Å². The van der Waals surface area contributed by atoms with Crippen LogP contribution in [0.3, 0.4) is 0 Å². The molecule has 1 N–H and O–H groups in total. The Balaban J connectivity index is 2.37. The minimum atomic E-state index is -0.0875. The summed E-state index contributed by atoms with van der Waals surface area (Å²) in [6.45, 7) is 1.75. The van der Waals surface area contributed by atoms with E-state index in [4.69, 9.17) is 0 Å². The predicted molar refractivity (Wildman–Crippen MR) is 59.1 cm³/mol. The molecule has 1 saturated carbocycles. The number of H-pyrrole nitrogens is 1. The number of nitrogens with one attached hydrogen (secondary N) is 1. The van der Waals surface area contributed by atoms with Gasteiger partial charge in [0.1, 0.15) is 5.69 Å². The molecule has 0 spiro atoms. The minimum absolute atomic E-state index is 0.0875. The van der Waals surface area contributed by atoms with Crippen molar-refractivity contribution < 1.29 is 0 Å². The lowest BCUT2D eigenvalue weighted by Crippen LogP contribution is -2.12. The van der Waals surface area contributed by atoms with E-state index in [1.54, 1.807) is 6.92 Å². The fourth-order valence-electron chi connectivity index (χ4n) is 1.94. The van der Waals surface area contributed by atoms with Gasteiger partial charge in [-0.05, 0) is 37.3 Å². The second kappa shape index (κ2) is 2.92. The van der Waals surface area contributed by atoms with Gasteiger partial charge in [0.15, 0.2) is 0 Å². The minimum Gasteiger partial charge on any atom is -0.319 e. The van der Waals surface area contributed by atoms with Crippen molar-refractivity contribution in [3.63, 3.8) is 0 Å². The summed E-state index contributed by atoms with van der Waals surface area (Å²) in [6.07, 6.45) is 2.50. The third-order valence-corrected chi connectivity index (χ3v) is 2.94. The number of fused-ring (bicyclic) bond motifs is 1. The molecule has 76 valence electrons. The number of aryl methyl sites for hydroxylation is 1. The first-order chi connectivity index (χ1) is 7.25. The van der Waals surface area contributed by atoms with Gasteiger partial charge in [0.05, 0.1) is 11.0 Å². The maximum absolute atomic E-state index is 11.4. The third-order valence-electron chi connectivity index (χ3n) is 2.94. The molecular formula is C12H12N2O. The Kier molecular flexibility index (Phi) is 1.69. The zero-order valence-corrected chi connectivity index (χ0v) is 8.58. The first-order valence-corrected chi connectivity index (χ1v) is 5.25. The number of hydrogen-bond acceptors (Lipinski definition) is 2. The summed E-state index contributed by atoms with van der Waals surface area (Å²) >= 11 is 0. The maximum Gasteiger partial charge on any atom is 0.269 e. The standard InChI is InChI=1S/C12H12N2O/c1-7-12(15)14-10-4-2-3-9(8-5-6-8)11(10)13-7/h2-4,8H,5-6H2,1H3,(H,14,15). The Morgan fingerprint density at radius 2 is 2.20 bits per heavy atom. The highest BCUT2D eigenvalue weighted by molar-refractivity contribution is 5.78. The fourth-order valence-corrected chi connectivity index (χ4v) is 1.94. The average molecular weight is 200 g/mol. The van der Waals surface area contributed by atoms with Gasteiger partial charge in [-0.1, -0.05) is 12.1 Å². The second-order valence-electron chi connectivity index (χ2n) is 4.17. The molecule has 1 aromatic heterocycles. The van der Waals surface area contributed by atoms with Gasteiger partial charge in [0.2, 0.25) is 0 Å². The molecular weight excluding hydrogens is 188 g/mol. The van der Waals surface area contributed by atoms with Crippen LogP contribution < -0.4 is 5.56 Å². The SMILES string of the molecule is Cc1nc2c(C3CC3)cccc2[nH]c1=O. The molecule has 0 unspecified atom stereocenters. The normalized spacial score (nSPS) is 15.8. The Bertz CT molecular complexity index is 582. The van der Waals surface area contributed by atoms with Gasteiger partial charge in [0.25, 0.3) is 5.56 Å². The molecule has 0 saturated heterocycles. The number of benzene rings is 1. The fraction of sp³-hybridized carbons (Fsp3) is 0.333. The zero-order valence-electron chi connectivity index (χ0n) is 8.58. The smallest absolute Gasteiger partial charge is 0.269 e. The van der Waals surface area contributed by atoms with Crippen LogP contribution in [0, 0.1) is 6.92 Å². The molecule has 0 aliphatic heterocycles. The Labute approximate surface area is 87.2 Å². The molecule has 0 atom stereocenters. The second-order valence-corrected chi connectivity index (χ2v) is 4.17. The van der Waals surface area contributed by atoms with Crippen molar-refractivity contribution >= 4 is 11.0 Å². The van der Waals surface area contributed by atoms with Crippen molar-refractivity contribution in [1.29, 1.82) is 0 Å². The molecule has 1 aliphatic carbocycles. The van der Waals surface area contributed by atoms with E-state index >= 15 is 0 Å². The van der Waals surface area contributed by atoms with Crippen molar-refractivity contribution in [2.45, 2.75) is 25.7 Å². The number of nitrogens with zero attached hydrogens (tertiary/aromatic N) is 1. The predicted octanol–water partition coefficient (Wildman–Crippen LogP) is 2.11. The molecule has 3 rings (SSSR count). The summed E-state index contributed by atoms with van der Waals surface area (Å²) in [6, 6.07) is 6.02. The van der Waals surface area contributed by atoms with Gasteiger partial charge in [-0.25, -0.2) is 4.98 Å². The number of hydrogen-bond donors (Lipinski definition) is 1. The lowest BCUT2D eigenvalue weighted by atomic mass is 10.1. The summed E-state index contributed by atoms with van der Waals surface area (Å²) in [5.41, 5.74) is 3.57. The maximum atomic E-state index is 11.4. The van der Waals surface area contributed by atoms with Crippen LogP contribution in [0.25, 0.3) is 11.0 Å². The molecule has 1 aromatic carbocycles. The molecule has 1 heterocycles. The molecule has 15 heavy (non-hydrogen) atoms. The van der Waals surface area contributed by atoms with Crippen molar-refractivity contribution in [3.8, 4) is 0 Å². The molecule has 0 bridgehead atoms. The van der Waals surface area contributed by atoms with Crippen LogP contribution in [-0.4, -0.2) is 9.97 Å². The van der Waals surface area contributed by atoms with Gasteiger partial charge in [-0.2, -0.15) is 0 Å². The Hall–Kier alpha value is -1.64. The lowest BCUT2D eigenvalue weighted by molar-refractivity contribution is 1.08. The molecule has 1 fully saturated rings. The van der Waals surface area contributed by atoms with Crippen LogP contribution in [0.15, 0.2) is 23.0 Å². The van der Waals surface area contributed by atoms with Gasteiger partial charge >= 0.3 is 0 Å². The van der Waals surface area contributed by atoms with E-state index < -0.39 is 0 Å². The van der Waals surface area contributed by atoms with E-state index in [2.05, 4.69) is 16.0 Å². The van der Waals surface area contributed by atoms with Gasteiger partial charge in [-0.3, -0.25) is 4.79 Å². The molecule has 3 heteroatoms. The Morgan fingerprint density at radius 3 is 2.93 bits per heavy atom. The third kappa shape index (κ3) is 1.35. The van der Waals surface area contributed by atoms with E-state index in [0.29, 0.717) is 11.6 Å². The summed E-state index contributed by atoms with van der Waals surface area (Å²) in [4.78, 5) is 18.7. The topological polar surface area (TPSA) is 45.8 Å². The number of rotatable bonds is 1. The quantitative estimate of drug-likeness (QED) is 0.766. The van der Waals surface area contributed by atoms with Crippen LogP contribution in [0.4, 0.5) is 0 Å². The van der Waals surface area contributed by atoms with E-state index in [1.165, 1.54) is 18.4 Å². The van der Waals surface area contributed by atoms with Crippen LogP contribution in [0.5, 0.6) is 0 Å². The number of aromatic amines is 1. The highest BCUT2D eigenvalue weighted by atomic mass is 16.1. The Morgan fingerprint density at radius 1 is 1.40 bits per heavy atom. The molecule has 3 nitrogen and oxygen atoms in total. The summed E-state index contributed by atoms with van der Waals surface area (Å²) in [5.74, 6) is 0.659. The first kappa shape index (κ1) is 8.65. The summed E-state index contributed by atoms with van der Waals surface area (Å²) in [7, 11) is 0. The average Bonchev–Trinajstić information content (AvgIpc) is 3.02. The van der Waals surface area contributed by atoms with Crippen molar-refractivity contribution in [1.82, 2.24) is 9.97 Å². The number of para-hydroxylation sites is 1. The molecule has 1 aliphatic rings. The van der Waals surface area contributed by atoms with Gasteiger partial charge < -0.3 is 4.98 Å². The number of aromatic nitrogens is 2. The van der Waals surface area contributed by atoms with Crippen LogP contribution >= 0.6 is 0 Å². The van der Waals surface area contributed by atoms with Crippen molar-refractivity contribution in [2.24, 2.45) is 0 Å². The van der Waals surface area contributed by atoms with Crippen LogP contribution in [0.2, 0.25) is 0 Å². The first-order valence-electron chi connectivity index (χ1n) is 5.25. The summed E-state index contributed by atoms with van der Waals surface area (Å²) < 4.78 is 0. The van der Waals surface area contributed by atoms with E-state index in [0.717, 1.165) is 11.0 Å². The molecule has 0 radical (unpaired) electrons. The monoisotopic (exact) mass is 200 g/mol. The highest BCUT2D eigenvalue weighted by Gasteiger charge is 2.25. The van der Waals surface area contributed by atoms with Gasteiger partial charge in [-0.15, -0.1) is 0 Å². The van der Waals surface area contributed by atoms with Crippen LogP contribution in [-0.2, 0) is 0 Å². The highest BCUT2D eigenvalue weighted by Crippen LogP contribution is 2.42. The van der Waals surface area contributed by atoms with Crippen molar-refractivity contribution in [3.05, 3.63) is 39.8 Å². The van der Waals surface area contributed by atoms with E-state index in [1.807, 2.05) is 12.1 Å². The molecule has 0 amide bonds.